The van der Waals surface area contributed by atoms with E-state index in [0.717, 1.165) is 36.9 Å². The lowest BCUT2D eigenvalue weighted by molar-refractivity contribution is 0.415. The van der Waals surface area contributed by atoms with E-state index in [1.54, 1.807) is 7.11 Å². The van der Waals surface area contributed by atoms with E-state index < -0.39 is 0 Å². The molecular formula is C11H15N3O. The predicted octanol–water partition coefficient (Wildman–Crippen LogP) is 1.46. The molecule has 1 aliphatic rings. The molecule has 0 fully saturated rings. The van der Waals surface area contributed by atoms with Crippen LogP contribution < -0.4 is 15.4 Å². The number of guanidine groups is 1. The van der Waals surface area contributed by atoms with Crippen molar-refractivity contribution in [3.63, 3.8) is 0 Å². The molecule has 0 bridgehead atoms. The van der Waals surface area contributed by atoms with E-state index in [2.05, 4.69) is 15.6 Å². The van der Waals surface area contributed by atoms with Crippen LogP contribution >= 0.6 is 0 Å². The Labute approximate surface area is 89.4 Å². The molecular weight excluding hydrogens is 190 g/mol. The number of ether oxygens (including phenoxy) is 1. The normalized spacial score (nSPS) is 15.1. The van der Waals surface area contributed by atoms with E-state index in [9.17, 15) is 0 Å². The Balaban J connectivity index is 2.06. The summed E-state index contributed by atoms with van der Waals surface area (Å²) in [5.74, 6) is 1.69. The number of rotatable bonds is 2. The maximum absolute atomic E-state index is 5.14. The molecule has 1 aromatic carbocycles. The number of nitrogens with one attached hydrogen (secondary N) is 2. The van der Waals surface area contributed by atoms with Crippen molar-refractivity contribution in [1.82, 2.24) is 5.32 Å². The minimum absolute atomic E-state index is 0.842. The molecule has 0 atom stereocenters. The molecule has 4 nitrogen and oxygen atoms in total. The fourth-order valence-corrected chi connectivity index (χ4v) is 1.45. The number of methoxy groups -OCH3 is 1. The minimum Gasteiger partial charge on any atom is -0.497 e. The minimum atomic E-state index is 0.842. The van der Waals surface area contributed by atoms with E-state index in [4.69, 9.17) is 4.74 Å². The van der Waals surface area contributed by atoms with E-state index in [0.29, 0.717) is 0 Å². The number of hydrogen-bond acceptors (Lipinski definition) is 4. The summed E-state index contributed by atoms with van der Waals surface area (Å²) in [5.41, 5.74) is 0.988. The van der Waals surface area contributed by atoms with Crippen LogP contribution in [0.1, 0.15) is 6.42 Å². The predicted molar refractivity (Wildman–Crippen MR) is 61.5 cm³/mol. The molecule has 2 N–H and O–H groups in total. The molecule has 0 amide bonds. The van der Waals surface area contributed by atoms with Gasteiger partial charge < -0.3 is 15.4 Å². The number of nitrogens with zero attached hydrogens (tertiary/aromatic N) is 1. The van der Waals surface area contributed by atoms with Crippen LogP contribution in [0.25, 0.3) is 0 Å². The van der Waals surface area contributed by atoms with Crippen LogP contribution in [0, 0.1) is 0 Å². The third-order valence-corrected chi connectivity index (χ3v) is 2.23. The Kier molecular flexibility index (Phi) is 3.07. The largest absolute Gasteiger partial charge is 0.497 e. The summed E-state index contributed by atoms with van der Waals surface area (Å²) >= 11 is 0. The van der Waals surface area contributed by atoms with E-state index in [-0.39, 0.29) is 0 Å². The van der Waals surface area contributed by atoms with Gasteiger partial charge >= 0.3 is 0 Å². The Morgan fingerprint density at radius 2 is 2.40 bits per heavy atom. The Morgan fingerprint density at radius 3 is 3.13 bits per heavy atom. The summed E-state index contributed by atoms with van der Waals surface area (Å²) in [6, 6.07) is 7.80. The second kappa shape index (κ2) is 4.68. The lowest BCUT2D eigenvalue weighted by Gasteiger charge is -2.16. The van der Waals surface area contributed by atoms with Crippen molar-refractivity contribution < 1.29 is 4.74 Å². The first-order chi connectivity index (χ1) is 7.38. The highest BCUT2D eigenvalue weighted by Gasteiger charge is 2.03. The lowest BCUT2D eigenvalue weighted by Crippen LogP contribution is -2.35. The van der Waals surface area contributed by atoms with Gasteiger partial charge in [-0.05, 0) is 18.6 Å². The molecule has 80 valence electrons. The second-order valence-corrected chi connectivity index (χ2v) is 3.37. The molecule has 0 radical (unpaired) electrons. The fraction of sp³-hybridized carbons (Fsp3) is 0.364. The quantitative estimate of drug-likeness (QED) is 0.768. The van der Waals surface area contributed by atoms with Crippen molar-refractivity contribution >= 4 is 11.6 Å². The maximum Gasteiger partial charge on any atom is 0.195 e. The van der Waals surface area contributed by atoms with Gasteiger partial charge in [0.2, 0.25) is 0 Å². The highest BCUT2D eigenvalue weighted by Crippen LogP contribution is 2.16. The molecule has 1 heterocycles. The highest BCUT2D eigenvalue weighted by atomic mass is 16.5. The maximum atomic E-state index is 5.14. The van der Waals surface area contributed by atoms with E-state index >= 15 is 0 Å². The molecule has 0 aliphatic carbocycles. The molecule has 0 aromatic heterocycles. The molecule has 1 aromatic rings. The summed E-state index contributed by atoms with van der Waals surface area (Å²) < 4.78 is 5.14. The second-order valence-electron chi connectivity index (χ2n) is 3.37. The van der Waals surface area contributed by atoms with Gasteiger partial charge in [-0.1, -0.05) is 6.07 Å². The Morgan fingerprint density at radius 1 is 1.47 bits per heavy atom. The van der Waals surface area contributed by atoms with Gasteiger partial charge in [-0.3, -0.25) is 4.99 Å². The van der Waals surface area contributed by atoms with Gasteiger partial charge in [0.15, 0.2) is 5.96 Å². The molecule has 4 heteroatoms. The summed E-state index contributed by atoms with van der Waals surface area (Å²) in [6.45, 7) is 1.87. The van der Waals surface area contributed by atoms with Crippen LogP contribution in [0.5, 0.6) is 5.75 Å². The molecule has 0 unspecified atom stereocenters. The van der Waals surface area contributed by atoms with Crippen LogP contribution in [0.2, 0.25) is 0 Å². The first-order valence-corrected chi connectivity index (χ1v) is 5.08. The summed E-state index contributed by atoms with van der Waals surface area (Å²) in [4.78, 5) is 4.33. The van der Waals surface area contributed by atoms with Gasteiger partial charge in [0, 0.05) is 24.8 Å². The van der Waals surface area contributed by atoms with Crippen molar-refractivity contribution in [2.45, 2.75) is 6.42 Å². The van der Waals surface area contributed by atoms with Crippen LogP contribution in [-0.4, -0.2) is 26.2 Å². The number of hydrogen-bond donors (Lipinski definition) is 2. The molecule has 0 saturated carbocycles. The number of anilines is 1. The van der Waals surface area contributed by atoms with Crippen LogP contribution in [0.4, 0.5) is 5.69 Å². The third-order valence-electron chi connectivity index (χ3n) is 2.23. The lowest BCUT2D eigenvalue weighted by atomic mass is 10.3. The average Bonchev–Trinajstić information content (AvgIpc) is 2.31. The van der Waals surface area contributed by atoms with Crippen molar-refractivity contribution in [2.24, 2.45) is 4.99 Å². The molecule has 15 heavy (non-hydrogen) atoms. The third kappa shape index (κ3) is 2.62. The fourth-order valence-electron chi connectivity index (χ4n) is 1.45. The van der Waals surface area contributed by atoms with Gasteiger partial charge in [-0.2, -0.15) is 0 Å². The average molecular weight is 205 g/mol. The number of aliphatic imine (C=N–C) groups is 1. The zero-order valence-corrected chi connectivity index (χ0v) is 8.79. The van der Waals surface area contributed by atoms with E-state index in [1.807, 2.05) is 24.3 Å². The van der Waals surface area contributed by atoms with Gasteiger partial charge in [-0.25, -0.2) is 0 Å². The van der Waals surface area contributed by atoms with Crippen LogP contribution in [0.15, 0.2) is 29.3 Å². The standard InChI is InChI=1S/C11H15N3O/c1-15-10-5-2-4-9(8-10)14-11-12-6-3-7-13-11/h2,4-5,8H,3,6-7H2,1H3,(H2,12,13,14). The van der Waals surface area contributed by atoms with Gasteiger partial charge in [0.1, 0.15) is 5.75 Å². The van der Waals surface area contributed by atoms with Gasteiger partial charge in [0.05, 0.1) is 7.11 Å². The SMILES string of the molecule is COc1cccc(NC2=NCCCN2)c1. The zero-order chi connectivity index (χ0) is 10.5. The highest BCUT2D eigenvalue weighted by molar-refractivity contribution is 5.94. The summed E-state index contributed by atoms with van der Waals surface area (Å²) in [5, 5.41) is 6.42. The van der Waals surface area contributed by atoms with Crippen molar-refractivity contribution in [3.8, 4) is 5.75 Å². The first kappa shape index (κ1) is 9.83. The smallest absolute Gasteiger partial charge is 0.195 e. The zero-order valence-electron chi connectivity index (χ0n) is 8.79. The van der Waals surface area contributed by atoms with Crippen molar-refractivity contribution in [2.75, 3.05) is 25.5 Å². The summed E-state index contributed by atoms with van der Waals surface area (Å²) in [6.07, 6.45) is 1.10. The van der Waals surface area contributed by atoms with Gasteiger partial charge in [-0.15, -0.1) is 0 Å². The topological polar surface area (TPSA) is 45.6 Å². The molecule has 2 rings (SSSR count). The summed E-state index contributed by atoms with van der Waals surface area (Å²) in [7, 11) is 1.66. The monoisotopic (exact) mass is 205 g/mol. The van der Waals surface area contributed by atoms with Crippen molar-refractivity contribution in [1.29, 1.82) is 0 Å². The first-order valence-electron chi connectivity index (χ1n) is 5.08. The van der Waals surface area contributed by atoms with E-state index in [1.165, 1.54) is 0 Å². The van der Waals surface area contributed by atoms with Crippen LogP contribution in [0.3, 0.4) is 0 Å². The molecule has 0 saturated heterocycles. The Hall–Kier alpha value is -1.71. The van der Waals surface area contributed by atoms with Gasteiger partial charge in [0.25, 0.3) is 0 Å². The van der Waals surface area contributed by atoms with Crippen LogP contribution in [-0.2, 0) is 0 Å². The van der Waals surface area contributed by atoms with Crippen molar-refractivity contribution in [3.05, 3.63) is 24.3 Å². The number of benzene rings is 1. The molecule has 0 spiro atoms. The molecule has 1 aliphatic heterocycles. The Bertz CT molecular complexity index is 363.